The van der Waals surface area contributed by atoms with Crippen LogP contribution in [0.4, 0.5) is 0 Å². The van der Waals surface area contributed by atoms with Crippen molar-refractivity contribution in [3.05, 3.63) is 71.8 Å². The van der Waals surface area contributed by atoms with E-state index in [9.17, 15) is 0 Å². The summed E-state index contributed by atoms with van der Waals surface area (Å²) in [6, 6.07) is 22.6. The Morgan fingerprint density at radius 2 is 1.47 bits per heavy atom. The SMILES string of the molecule is Cc1ccc2c(c1)oc1c(-c3ccc(C45CC6CC(CC(C6)C4)C5)cc3)cccc12. The van der Waals surface area contributed by atoms with Gasteiger partial charge in [0.15, 0.2) is 0 Å². The minimum atomic E-state index is 0.468. The molecule has 0 atom stereocenters. The van der Waals surface area contributed by atoms with Gasteiger partial charge in [-0.3, -0.25) is 0 Å². The third-order valence-corrected chi connectivity index (χ3v) is 8.50. The predicted molar refractivity (Wildman–Crippen MR) is 124 cm³/mol. The van der Waals surface area contributed by atoms with Crippen molar-refractivity contribution in [2.24, 2.45) is 17.8 Å². The third-order valence-electron chi connectivity index (χ3n) is 8.50. The van der Waals surface area contributed by atoms with Gasteiger partial charge in [-0.15, -0.1) is 0 Å². The average molecular weight is 393 g/mol. The molecule has 30 heavy (non-hydrogen) atoms. The molecule has 0 amide bonds. The highest BCUT2D eigenvalue weighted by atomic mass is 16.3. The van der Waals surface area contributed by atoms with E-state index in [1.54, 1.807) is 5.56 Å². The zero-order valence-corrected chi connectivity index (χ0v) is 17.7. The maximum Gasteiger partial charge on any atom is 0.143 e. The molecule has 1 heterocycles. The Morgan fingerprint density at radius 3 is 2.17 bits per heavy atom. The Bertz CT molecular complexity index is 1240. The van der Waals surface area contributed by atoms with Gasteiger partial charge in [0.05, 0.1) is 0 Å². The van der Waals surface area contributed by atoms with Crippen LogP contribution in [0.25, 0.3) is 33.1 Å². The van der Waals surface area contributed by atoms with Crippen molar-refractivity contribution in [1.29, 1.82) is 0 Å². The van der Waals surface area contributed by atoms with Gasteiger partial charge in [0.2, 0.25) is 0 Å². The van der Waals surface area contributed by atoms with Crippen molar-refractivity contribution in [3.63, 3.8) is 0 Å². The zero-order valence-electron chi connectivity index (χ0n) is 17.7. The van der Waals surface area contributed by atoms with Crippen LogP contribution in [-0.4, -0.2) is 0 Å². The molecular formula is C29H28O. The van der Waals surface area contributed by atoms with E-state index in [-0.39, 0.29) is 0 Å². The summed E-state index contributed by atoms with van der Waals surface area (Å²) < 4.78 is 6.35. The molecule has 0 spiro atoms. The van der Waals surface area contributed by atoms with Gasteiger partial charge >= 0.3 is 0 Å². The van der Waals surface area contributed by atoms with Crippen LogP contribution in [0.3, 0.4) is 0 Å². The first-order valence-corrected chi connectivity index (χ1v) is 11.7. The molecule has 0 saturated heterocycles. The lowest BCUT2D eigenvalue weighted by atomic mass is 9.48. The first-order valence-electron chi connectivity index (χ1n) is 11.7. The first-order chi connectivity index (χ1) is 14.7. The predicted octanol–water partition coefficient (Wildman–Crippen LogP) is 8.03. The second kappa shape index (κ2) is 6.00. The van der Waals surface area contributed by atoms with Crippen molar-refractivity contribution >= 4 is 21.9 Å². The summed E-state index contributed by atoms with van der Waals surface area (Å²) in [4.78, 5) is 0. The topological polar surface area (TPSA) is 13.1 Å². The Morgan fingerprint density at radius 1 is 0.767 bits per heavy atom. The Hall–Kier alpha value is -2.54. The van der Waals surface area contributed by atoms with Gasteiger partial charge in [-0.1, -0.05) is 54.6 Å². The minimum Gasteiger partial charge on any atom is -0.455 e. The lowest BCUT2D eigenvalue weighted by Gasteiger charge is -2.57. The quantitative estimate of drug-likeness (QED) is 0.336. The van der Waals surface area contributed by atoms with E-state index >= 15 is 0 Å². The molecule has 150 valence electrons. The lowest BCUT2D eigenvalue weighted by Crippen LogP contribution is -2.48. The molecule has 0 N–H and O–H groups in total. The van der Waals surface area contributed by atoms with Gasteiger partial charge in [0.1, 0.15) is 11.2 Å². The standard InChI is InChI=1S/C29H28O/c1-18-5-10-25-26-4-2-3-24(28(26)30-27(25)11-18)22-6-8-23(9-7-22)29-15-19-12-20(16-29)14-21(13-19)17-29/h2-11,19-21H,12-17H2,1H3. The van der Waals surface area contributed by atoms with Crippen LogP contribution in [0.5, 0.6) is 0 Å². The largest absolute Gasteiger partial charge is 0.455 e. The Labute approximate surface area is 178 Å². The molecule has 0 aliphatic heterocycles. The molecule has 4 fully saturated rings. The maximum absolute atomic E-state index is 6.35. The summed E-state index contributed by atoms with van der Waals surface area (Å²) >= 11 is 0. The van der Waals surface area contributed by atoms with Crippen LogP contribution >= 0.6 is 0 Å². The molecule has 4 aliphatic carbocycles. The fourth-order valence-electron chi connectivity index (χ4n) is 7.60. The van der Waals surface area contributed by atoms with Crippen LogP contribution < -0.4 is 0 Å². The molecule has 4 aromatic rings. The molecule has 1 aromatic heterocycles. The minimum absolute atomic E-state index is 0.468. The number of hydrogen-bond donors (Lipinski definition) is 0. The second-order valence-electron chi connectivity index (χ2n) is 10.6. The molecule has 1 heteroatoms. The number of hydrogen-bond acceptors (Lipinski definition) is 1. The Balaban J connectivity index is 1.31. The van der Waals surface area contributed by atoms with E-state index in [0.717, 1.165) is 28.9 Å². The molecular weight excluding hydrogens is 364 g/mol. The molecule has 1 nitrogen and oxygen atoms in total. The van der Waals surface area contributed by atoms with Gasteiger partial charge in [-0.25, -0.2) is 0 Å². The normalized spacial score (nSPS) is 29.8. The summed E-state index contributed by atoms with van der Waals surface area (Å²) in [6.45, 7) is 2.12. The maximum atomic E-state index is 6.35. The number of para-hydroxylation sites is 1. The lowest BCUT2D eigenvalue weighted by molar-refractivity contribution is -0.00518. The molecule has 0 radical (unpaired) electrons. The zero-order chi connectivity index (χ0) is 19.9. The van der Waals surface area contributed by atoms with Crippen molar-refractivity contribution in [2.45, 2.75) is 50.9 Å². The van der Waals surface area contributed by atoms with Crippen LogP contribution in [-0.2, 0) is 5.41 Å². The summed E-state index contributed by atoms with van der Waals surface area (Å²) in [5, 5.41) is 2.43. The fourth-order valence-corrected chi connectivity index (χ4v) is 7.60. The van der Waals surface area contributed by atoms with Crippen LogP contribution in [0.1, 0.15) is 49.7 Å². The summed E-state index contributed by atoms with van der Waals surface area (Å²) in [5.41, 5.74) is 7.78. The van der Waals surface area contributed by atoms with E-state index in [4.69, 9.17) is 4.42 Å². The van der Waals surface area contributed by atoms with Gasteiger partial charge in [0.25, 0.3) is 0 Å². The average Bonchev–Trinajstić information content (AvgIpc) is 3.10. The fraction of sp³-hybridized carbons (Fsp3) is 0.379. The summed E-state index contributed by atoms with van der Waals surface area (Å²) in [6.07, 6.45) is 8.80. The van der Waals surface area contributed by atoms with Crippen molar-refractivity contribution in [1.82, 2.24) is 0 Å². The highest BCUT2D eigenvalue weighted by Crippen LogP contribution is 2.60. The van der Waals surface area contributed by atoms with Gasteiger partial charge in [-0.05, 0) is 91.4 Å². The van der Waals surface area contributed by atoms with Crippen LogP contribution in [0.2, 0.25) is 0 Å². The number of benzene rings is 3. The van der Waals surface area contributed by atoms with Gasteiger partial charge in [-0.2, -0.15) is 0 Å². The van der Waals surface area contributed by atoms with Crippen molar-refractivity contribution in [3.8, 4) is 11.1 Å². The summed E-state index contributed by atoms with van der Waals surface area (Å²) in [5.74, 6) is 2.97. The number of furan rings is 1. The molecule has 3 aromatic carbocycles. The summed E-state index contributed by atoms with van der Waals surface area (Å²) in [7, 11) is 0. The molecule has 8 rings (SSSR count). The van der Waals surface area contributed by atoms with E-state index in [1.165, 1.54) is 66.0 Å². The molecule has 4 bridgehead atoms. The van der Waals surface area contributed by atoms with Gasteiger partial charge < -0.3 is 4.42 Å². The smallest absolute Gasteiger partial charge is 0.143 e. The highest BCUT2D eigenvalue weighted by molar-refractivity contribution is 6.09. The number of rotatable bonds is 2. The van der Waals surface area contributed by atoms with Crippen molar-refractivity contribution < 1.29 is 4.42 Å². The Kier molecular flexibility index (Phi) is 3.44. The molecule has 0 unspecified atom stereocenters. The van der Waals surface area contributed by atoms with Crippen LogP contribution in [0.15, 0.2) is 65.1 Å². The first kappa shape index (κ1) is 17.2. The highest BCUT2D eigenvalue weighted by Gasteiger charge is 2.51. The van der Waals surface area contributed by atoms with Gasteiger partial charge in [0, 0.05) is 16.3 Å². The number of aryl methyl sites for hydroxylation is 1. The monoisotopic (exact) mass is 392 g/mol. The van der Waals surface area contributed by atoms with E-state index in [1.807, 2.05) is 0 Å². The van der Waals surface area contributed by atoms with Crippen LogP contribution in [0, 0.1) is 24.7 Å². The molecule has 4 saturated carbocycles. The van der Waals surface area contributed by atoms with E-state index in [0.29, 0.717) is 5.41 Å². The second-order valence-corrected chi connectivity index (χ2v) is 10.6. The molecule has 4 aliphatic rings. The number of fused-ring (bicyclic) bond motifs is 3. The third kappa shape index (κ3) is 2.41. The van der Waals surface area contributed by atoms with E-state index in [2.05, 4.69) is 67.6 Å². The van der Waals surface area contributed by atoms with E-state index < -0.39 is 0 Å². The van der Waals surface area contributed by atoms with Crippen molar-refractivity contribution in [2.75, 3.05) is 0 Å².